The van der Waals surface area contributed by atoms with Gasteiger partial charge in [-0.2, -0.15) is 0 Å². The maximum absolute atomic E-state index is 12.7. The molecule has 2 N–H and O–H groups in total. The zero-order valence-electron chi connectivity index (χ0n) is 19.7. The van der Waals surface area contributed by atoms with Gasteiger partial charge in [0.05, 0.1) is 0 Å². The maximum atomic E-state index is 12.7. The highest BCUT2D eigenvalue weighted by Crippen LogP contribution is 2.43. The Morgan fingerprint density at radius 3 is 2.30 bits per heavy atom. The molecule has 1 spiro atoms. The molecule has 2 heterocycles. The second kappa shape index (κ2) is 9.79. The first-order valence-corrected chi connectivity index (χ1v) is 11.9. The molecule has 0 unspecified atom stereocenters. The molecule has 2 aromatic rings. The Balaban J connectivity index is 1.73. The van der Waals surface area contributed by atoms with Crippen LogP contribution in [0.2, 0.25) is 0 Å². The van der Waals surface area contributed by atoms with E-state index in [0.717, 1.165) is 48.4 Å². The summed E-state index contributed by atoms with van der Waals surface area (Å²) in [5, 5.41) is 6.27. The van der Waals surface area contributed by atoms with Gasteiger partial charge in [0.1, 0.15) is 11.4 Å². The summed E-state index contributed by atoms with van der Waals surface area (Å²) < 4.78 is 6.55. The van der Waals surface area contributed by atoms with Crippen molar-refractivity contribution < 1.29 is 14.3 Å². The van der Waals surface area contributed by atoms with Crippen LogP contribution in [0.4, 0.5) is 0 Å². The van der Waals surface area contributed by atoms with Crippen LogP contribution in [0.5, 0.6) is 5.75 Å². The van der Waals surface area contributed by atoms with Crippen molar-refractivity contribution >= 4 is 17.4 Å². The van der Waals surface area contributed by atoms with E-state index in [0.29, 0.717) is 30.8 Å². The maximum Gasteiger partial charge on any atom is 0.253 e. The minimum Gasteiger partial charge on any atom is -0.482 e. The summed E-state index contributed by atoms with van der Waals surface area (Å²) in [4.78, 5) is 27.0. The Kier molecular flexibility index (Phi) is 6.84. The van der Waals surface area contributed by atoms with Crippen LogP contribution >= 0.6 is 0 Å². The monoisotopic (exact) mass is 447 g/mol. The van der Waals surface area contributed by atoms with Gasteiger partial charge in [0.15, 0.2) is 0 Å². The number of nitrogens with one attached hydrogen (secondary N) is 2. The van der Waals surface area contributed by atoms with E-state index in [1.54, 1.807) is 0 Å². The van der Waals surface area contributed by atoms with Crippen molar-refractivity contribution in [1.29, 1.82) is 0 Å². The Hall–Kier alpha value is -3.12. The van der Waals surface area contributed by atoms with Gasteiger partial charge in [-0.1, -0.05) is 12.1 Å². The quantitative estimate of drug-likeness (QED) is 0.705. The molecule has 0 bridgehead atoms. The molecule has 1 fully saturated rings. The first-order valence-electron chi connectivity index (χ1n) is 11.9. The highest BCUT2D eigenvalue weighted by molar-refractivity contribution is 5.97. The van der Waals surface area contributed by atoms with E-state index in [4.69, 9.17) is 4.74 Å². The fraction of sp³-hybridized carbons (Fsp3) is 0.407. The van der Waals surface area contributed by atoms with Gasteiger partial charge in [-0.25, -0.2) is 0 Å². The second-order valence-electron chi connectivity index (χ2n) is 8.60. The van der Waals surface area contributed by atoms with Crippen molar-refractivity contribution in [3.63, 3.8) is 0 Å². The van der Waals surface area contributed by atoms with Crippen LogP contribution < -0.4 is 15.4 Å². The number of piperidine rings is 1. The van der Waals surface area contributed by atoms with E-state index >= 15 is 0 Å². The molecule has 6 heteroatoms. The molecule has 174 valence electrons. The molecule has 33 heavy (non-hydrogen) atoms. The Bertz CT molecular complexity index is 1050. The number of carbonyl (C=O) groups is 2. The van der Waals surface area contributed by atoms with Gasteiger partial charge in [-0.3, -0.25) is 9.59 Å². The van der Waals surface area contributed by atoms with Crippen molar-refractivity contribution in [3.05, 3.63) is 70.8 Å². The number of carbonyl (C=O) groups excluding carboxylic acids is 2. The predicted molar refractivity (Wildman–Crippen MR) is 131 cm³/mol. The first kappa shape index (κ1) is 23.1. The zero-order valence-corrected chi connectivity index (χ0v) is 19.7. The topological polar surface area (TPSA) is 70.7 Å². The lowest BCUT2D eigenvalue weighted by Gasteiger charge is -2.40. The van der Waals surface area contributed by atoms with Gasteiger partial charge >= 0.3 is 0 Å². The summed E-state index contributed by atoms with van der Waals surface area (Å²) in [7, 11) is 0. The Morgan fingerprint density at radius 2 is 1.67 bits per heavy atom. The van der Waals surface area contributed by atoms with Crippen LogP contribution in [0.25, 0.3) is 5.57 Å². The van der Waals surface area contributed by atoms with Crippen LogP contribution in [0, 0.1) is 0 Å². The highest BCUT2D eigenvalue weighted by atomic mass is 16.5. The lowest BCUT2D eigenvalue weighted by molar-refractivity contribution is 0.0772. The molecule has 0 saturated carbocycles. The number of fused-ring (bicyclic) bond motifs is 1. The summed E-state index contributed by atoms with van der Waals surface area (Å²) in [5.74, 6) is 0.689. The molecule has 0 radical (unpaired) electrons. The summed E-state index contributed by atoms with van der Waals surface area (Å²) in [6.07, 6.45) is 3.96. The van der Waals surface area contributed by atoms with Gasteiger partial charge < -0.3 is 20.3 Å². The number of hydrogen-bond acceptors (Lipinski definition) is 4. The molecule has 2 aromatic carbocycles. The average Bonchev–Trinajstić information content (AvgIpc) is 2.84. The Labute approximate surface area is 196 Å². The van der Waals surface area contributed by atoms with E-state index in [1.165, 1.54) is 0 Å². The summed E-state index contributed by atoms with van der Waals surface area (Å²) in [5.41, 5.74) is 3.99. The predicted octanol–water partition coefficient (Wildman–Crippen LogP) is 3.86. The first-order chi connectivity index (χ1) is 16.0. The summed E-state index contributed by atoms with van der Waals surface area (Å²) in [6.45, 7) is 9.62. The van der Waals surface area contributed by atoms with Gasteiger partial charge in [0.25, 0.3) is 11.8 Å². The molecule has 2 amide bonds. The van der Waals surface area contributed by atoms with Crippen molar-refractivity contribution in [3.8, 4) is 5.75 Å². The van der Waals surface area contributed by atoms with Crippen LogP contribution in [0.1, 0.15) is 65.5 Å². The van der Waals surface area contributed by atoms with Crippen LogP contribution in [0.15, 0.2) is 48.5 Å². The molecule has 2 aliphatic rings. The van der Waals surface area contributed by atoms with E-state index in [1.807, 2.05) is 68.1 Å². The van der Waals surface area contributed by atoms with E-state index in [2.05, 4.69) is 16.7 Å². The molecule has 0 atom stereocenters. The summed E-state index contributed by atoms with van der Waals surface area (Å²) >= 11 is 0. The second-order valence-corrected chi connectivity index (χ2v) is 8.60. The van der Waals surface area contributed by atoms with Crippen molar-refractivity contribution in [2.24, 2.45) is 0 Å². The SMILES string of the molecule is CCNC(=O)c1ccc2c(c1)OC1(C=C2c2ccc(C(=O)N(CC)CC)cc2)CCNCC1. The minimum absolute atomic E-state index is 0.0503. The smallest absolute Gasteiger partial charge is 0.253 e. The Morgan fingerprint density at radius 1 is 1.00 bits per heavy atom. The number of rotatable bonds is 6. The van der Waals surface area contributed by atoms with Gasteiger partial charge in [-0.05, 0) is 81.4 Å². The summed E-state index contributed by atoms with van der Waals surface area (Å²) in [6, 6.07) is 13.5. The van der Waals surface area contributed by atoms with Gasteiger partial charge in [0.2, 0.25) is 0 Å². The lowest BCUT2D eigenvalue weighted by atomic mass is 9.83. The van der Waals surface area contributed by atoms with Crippen molar-refractivity contribution in [1.82, 2.24) is 15.5 Å². The fourth-order valence-corrected chi connectivity index (χ4v) is 4.64. The third-order valence-corrected chi connectivity index (χ3v) is 6.54. The number of hydrogen-bond donors (Lipinski definition) is 2. The normalized spacial score (nSPS) is 16.4. The van der Waals surface area contributed by atoms with Gasteiger partial charge in [-0.15, -0.1) is 0 Å². The zero-order chi connectivity index (χ0) is 23.4. The number of nitrogens with zero attached hydrogens (tertiary/aromatic N) is 1. The minimum atomic E-state index is -0.400. The molecule has 4 rings (SSSR count). The molecule has 6 nitrogen and oxygen atoms in total. The molecule has 0 aromatic heterocycles. The average molecular weight is 448 g/mol. The van der Waals surface area contributed by atoms with Crippen LogP contribution in [-0.4, -0.2) is 55.0 Å². The fourth-order valence-electron chi connectivity index (χ4n) is 4.64. The van der Waals surface area contributed by atoms with Gasteiger partial charge in [0, 0.05) is 49.2 Å². The van der Waals surface area contributed by atoms with E-state index in [9.17, 15) is 9.59 Å². The molecular formula is C27H33N3O3. The van der Waals surface area contributed by atoms with Crippen LogP contribution in [0.3, 0.4) is 0 Å². The lowest BCUT2D eigenvalue weighted by Crippen LogP contribution is -2.46. The van der Waals surface area contributed by atoms with Crippen LogP contribution in [-0.2, 0) is 0 Å². The third-order valence-electron chi connectivity index (χ3n) is 6.54. The molecule has 1 saturated heterocycles. The van der Waals surface area contributed by atoms with E-state index < -0.39 is 5.60 Å². The third kappa shape index (κ3) is 4.67. The molecule has 2 aliphatic heterocycles. The largest absolute Gasteiger partial charge is 0.482 e. The molecule has 0 aliphatic carbocycles. The number of ether oxygens (including phenoxy) is 1. The standard InChI is InChI=1S/C27H33N3O3/c1-4-29-25(31)21-11-12-22-23(18-27(33-24(22)17-21)13-15-28-16-14-27)19-7-9-20(10-8-19)26(32)30(5-2)6-3/h7-12,17-18,28H,4-6,13-16H2,1-3H3,(H,29,31). The van der Waals surface area contributed by atoms with Crippen molar-refractivity contribution in [2.75, 3.05) is 32.7 Å². The number of amides is 2. The molecular weight excluding hydrogens is 414 g/mol. The number of benzene rings is 2. The van der Waals surface area contributed by atoms with E-state index in [-0.39, 0.29) is 11.8 Å². The highest BCUT2D eigenvalue weighted by Gasteiger charge is 2.37. The van der Waals surface area contributed by atoms with Crippen molar-refractivity contribution in [2.45, 2.75) is 39.2 Å².